The van der Waals surface area contributed by atoms with E-state index >= 15 is 0 Å². The van der Waals surface area contributed by atoms with E-state index < -0.39 is 83.5 Å². The Kier molecular flexibility index (Phi) is 49.7. The van der Waals surface area contributed by atoms with Crippen LogP contribution in [0.25, 0.3) is 0 Å². The third-order valence-electron chi connectivity index (χ3n) is 16.9. The molecule has 2 rings (SSSR count). The van der Waals surface area contributed by atoms with Gasteiger partial charge in [0.25, 0.3) is 0 Å². The monoisotopic (exact) mass is 1250 g/mol. The lowest BCUT2D eigenvalue weighted by Crippen LogP contribution is -2.67. The second kappa shape index (κ2) is 53.1. The molecule has 2 amide bonds. The minimum absolute atomic E-state index is 0.191. The lowest BCUT2D eigenvalue weighted by atomic mass is 9.94. The van der Waals surface area contributed by atoms with Crippen molar-refractivity contribution in [3.8, 4) is 0 Å². The van der Waals surface area contributed by atoms with Gasteiger partial charge >= 0.3 is 8.25 Å². The molecule has 2 aliphatic heterocycles. The van der Waals surface area contributed by atoms with Gasteiger partial charge in [-0.15, -0.1) is 0 Å². The Morgan fingerprint density at radius 3 is 1.51 bits per heavy atom. The van der Waals surface area contributed by atoms with Gasteiger partial charge in [0.05, 0.1) is 19.1 Å². The molecule has 0 aromatic rings. The summed E-state index contributed by atoms with van der Waals surface area (Å²) in [7, 11) is -6.21. The first kappa shape index (κ1) is 79.5. The lowest BCUT2D eigenvalue weighted by Gasteiger charge is -2.47. The van der Waals surface area contributed by atoms with Crippen LogP contribution in [0, 0.1) is 5.92 Å². The molecule has 2 heterocycles. The first-order valence-electron chi connectivity index (χ1n) is 35.0. The average molecular weight is 1250 g/mol. The number of allylic oxidation sites excluding steroid dienone is 2. The summed E-state index contributed by atoms with van der Waals surface area (Å²) in [5, 5.41) is 18.3. The van der Waals surface area contributed by atoms with Crippen molar-refractivity contribution >= 4 is 33.9 Å². The van der Waals surface area contributed by atoms with Crippen LogP contribution in [0.5, 0.6) is 0 Å². The molecule has 2 fully saturated rings. The van der Waals surface area contributed by atoms with E-state index in [1.54, 1.807) is 0 Å². The Morgan fingerprint density at radius 1 is 0.506 bits per heavy atom. The van der Waals surface area contributed by atoms with Crippen LogP contribution >= 0.6 is 16.3 Å². The van der Waals surface area contributed by atoms with Crippen LogP contribution in [0.2, 0.25) is 0 Å². The van der Waals surface area contributed by atoms with Gasteiger partial charge in [-0.3, -0.25) is 28.0 Å². The molecule has 0 saturated carbocycles. The summed E-state index contributed by atoms with van der Waals surface area (Å²) >= 11 is 0. The highest BCUT2D eigenvalue weighted by atomic mass is 31.1. The minimum atomic E-state index is -3.50. The molecular formula is C67H128N2O14P2. The van der Waals surface area contributed by atoms with Crippen LogP contribution in [0.15, 0.2) is 12.2 Å². The molecule has 0 spiro atoms. The second-order valence-corrected chi connectivity index (χ2v) is 26.8. The standard InChI is InChI=1S/C67H128N2O14P2/c1-8-13-17-21-24-27-28-29-30-31-32-34-36-40-44-48-58(71)68-61-65(78-51-49-54(6)46-42-38-20-16-11-4)63(82-85(75)76)56(12-5)80-66(61)79-53-57-62(73)64(77-50-45-41-37-26-23-19-15-10-3)60(67(81-57)83-84(7)74)69-59(72)52-55(70)47-43-39-35-33-25-22-18-14-9-2/h27-28,54,56-57,60-67,73,84-85H,8-26,29-53H2,1-7H3,(H,68,71)(H,69,72)(H,75,76)/b28-27-/t54-,56?,57?,60?,61?,62?,63?,64?,65?,66?,67?/m1/s1. The molecular weight excluding hydrogens is 1120 g/mol. The zero-order valence-electron chi connectivity index (χ0n) is 54.9. The number of ketones is 1. The number of aliphatic hydroxyl groups excluding tert-OH is 1. The zero-order chi connectivity index (χ0) is 62.1. The minimum Gasteiger partial charge on any atom is -0.388 e. The molecule has 85 heavy (non-hydrogen) atoms. The highest BCUT2D eigenvalue weighted by Crippen LogP contribution is 2.36. The number of Topliss-reactive ketones (excluding diaryl/α,β-unsaturated/α-hetero) is 1. The Labute approximate surface area is 519 Å². The maximum absolute atomic E-state index is 14.1. The van der Waals surface area contributed by atoms with Gasteiger partial charge in [-0.2, -0.15) is 0 Å². The molecule has 13 atom stereocenters. The summed E-state index contributed by atoms with van der Waals surface area (Å²) in [6.07, 6.45) is 37.0. The quantitative estimate of drug-likeness (QED) is 0.0193. The molecule has 4 N–H and O–H groups in total. The largest absolute Gasteiger partial charge is 0.388 e. The van der Waals surface area contributed by atoms with Crippen molar-refractivity contribution in [2.24, 2.45) is 5.92 Å². The predicted molar refractivity (Wildman–Crippen MR) is 346 cm³/mol. The van der Waals surface area contributed by atoms with E-state index in [0.29, 0.717) is 38.2 Å². The normalized spacial score (nSPS) is 23.7. The number of amides is 2. The topological polar surface area (TPSA) is 214 Å². The Balaban J connectivity index is 2.34. The van der Waals surface area contributed by atoms with Gasteiger partial charge in [0.15, 0.2) is 20.6 Å². The second-order valence-electron chi connectivity index (χ2n) is 24.8. The van der Waals surface area contributed by atoms with E-state index in [1.165, 1.54) is 135 Å². The van der Waals surface area contributed by atoms with E-state index in [1.807, 2.05) is 6.92 Å². The molecule has 2 saturated heterocycles. The Morgan fingerprint density at radius 2 is 0.965 bits per heavy atom. The number of rotatable bonds is 57. The molecule has 18 heteroatoms. The van der Waals surface area contributed by atoms with E-state index in [0.717, 1.165) is 89.9 Å². The number of nitrogens with one attached hydrogen (secondary N) is 2. The first-order chi connectivity index (χ1) is 41.3. The number of carbonyl (C=O) groups excluding carboxylic acids is 3. The number of hydrogen-bond donors (Lipinski definition) is 4. The van der Waals surface area contributed by atoms with Crippen LogP contribution < -0.4 is 10.6 Å². The number of hydrogen-bond acceptors (Lipinski definition) is 13. The van der Waals surface area contributed by atoms with Crippen LogP contribution in [-0.2, 0) is 56.2 Å². The molecule has 0 bridgehead atoms. The molecule has 0 radical (unpaired) electrons. The van der Waals surface area contributed by atoms with Crippen molar-refractivity contribution in [2.45, 2.75) is 366 Å². The smallest absolute Gasteiger partial charge is 0.317 e. The van der Waals surface area contributed by atoms with Gasteiger partial charge < -0.3 is 48.8 Å². The van der Waals surface area contributed by atoms with Gasteiger partial charge in [0.2, 0.25) is 11.8 Å². The SMILES string of the molecule is CCCCCC/C=C\CCCCCCCCCC(=O)NC1C(OCC2OC(O[PH](C)=O)C(NC(=O)CC(=O)CCCCCCCCCCC)C(OCCCCCCCCCC)C2O)OC(CC)C(O[PH](=O)O)C1OCC[C@H](C)CCCCCCC. The molecule has 12 unspecified atom stereocenters. The summed E-state index contributed by atoms with van der Waals surface area (Å²) in [6, 6.07) is -2.14. The zero-order valence-corrected chi connectivity index (χ0v) is 56.9. The molecule has 0 aromatic carbocycles. The maximum Gasteiger partial charge on any atom is 0.317 e. The summed E-state index contributed by atoms with van der Waals surface area (Å²) in [5.41, 5.74) is 0. The van der Waals surface area contributed by atoms with Crippen molar-refractivity contribution in [3.05, 3.63) is 12.2 Å². The summed E-state index contributed by atoms with van der Waals surface area (Å²) in [4.78, 5) is 51.2. The maximum atomic E-state index is 14.1. The van der Waals surface area contributed by atoms with E-state index in [2.05, 4.69) is 57.4 Å². The first-order valence-corrected chi connectivity index (χ1v) is 38.0. The molecule has 500 valence electrons. The van der Waals surface area contributed by atoms with Gasteiger partial charge in [-0.05, 0) is 63.7 Å². The van der Waals surface area contributed by atoms with E-state index in [4.69, 9.17) is 32.7 Å². The number of ether oxygens (including phenoxy) is 5. The van der Waals surface area contributed by atoms with Gasteiger partial charge in [0.1, 0.15) is 48.4 Å². The number of aliphatic hydroxyl groups is 1. The number of unbranched alkanes of at least 4 members (excludes halogenated alkanes) is 30. The number of carbonyl (C=O) groups is 3. The predicted octanol–water partition coefficient (Wildman–Crippen LogP) is 16.3. The van der Waals surface area contributed by atoms with Crippen molar-refractivity contribution < 1.29 is 66.2 Å². The Bertz CT molecular complexity index is 1730. The fraction of sp³-hybridized carbons (Fsp3) is 0.925. The van der Waals surface area contributed by atoms with E-state index in [9.17, 15) is 33.5 Å². The molecule has 16 nitrogen and oxygen atoms in total. The van der Waals surface area contributed by atoms with Crippen LogP contribution in [0.1, 0.15) is 305 Å². The molecule has 0 aliphatic carbocycles. The van der Waals surface area contributed by atoms with Crippen molar-refractivity contribution in [2.75, 3.05) is 26.5 Å². The summed E-state index contributed by atoms with van der Waals surface area (Å²) in [6.45, 7) is 14.6. The van der Waals surface area contributed by atoms with Crippen LogP contribution in [0.3, 0.4) is 0 Å². The molecule has 2 aliphatic rings. The van der Waals surface area contributed by atoms with Gasteiger partial charge in [-0.25, -0.2) is 0 Å². The highest BCUT2D eigenvalue weighted by molar-refractivity contribution is 7.38. The fourth-order valence-corrected chi connectivity index (χ4v) is 12.7. The molecule has 0 aromatic heterocycles. The van der Waals surface area contributed by atoms with Crippen molar-refractivity contribution in [3.63, 3.8) is 0 Å². The van der Waals surface area contributed by atoms with Gasteiger partial charge in [-0.1, -0.05) is 240 Å². The third kappa shape index (κ3) is 38.7. The van der Waals surface area contributed by atoms with Gasteiger partial charge in [0, 0.05) is 32.7 Å². The van der Waals surface area contributed by atoms with Crippen molar-refractivity contribution in [1.82, 2.24) is 10.6 Å². The van der Waals surface area contributed by atoms with Crippen molar-refractivity contribution in [1.29, 1.82) is 0 Å². The summed E-state index contributed by atoms with van der Waals surface area (Å²) < 4.78 is 69.9. The average Bonchev–Trinajstić information content (AvgIpc) is 1.94. The fourth-order valence-electron chi connectivity index (χ4n) is 11.7. The highest BCUT2D eigenvalue weighted by Gasteiger charge is 2.51. The summed E-state index contributed by atoms with van der Waals surface area (Å²) in [5.74, 6) is -0.662. The van der Waals surface area contributed by atoms with Crippen LogP contribution in [0.4, 0.5) is 0 Å². The Hall–Kier alpha value is -1.55. The van der Waals surface area contributed by atoms with E-state index in [-0.39, 0.29) is 44.2 Å². The lowest BCUT2D eigenvalue weighted by molar-refractivity contribution is -0.295. The van der Waals surface area contributed by atoms with Crippen LogP contribution in [-0.4, -0.2) is 115 Å². The third-order valence-corrected chi connectivity index (χ3v) is 18.0.